The number of nitrogens with zero attached hydrogens (tertiary/aromatic N) is 4. The molecule has 0 atom stereocenters. The second-order valence-electron chi connectivity index (χ2n) is 6.99. The van der Waals surface area contributed by atoms with E-state index in [2.05, 4.69) is 20.0 Å². The molecule has 0 aliphatic carbocycles. The molecule has 0 spiro atoms. The first-order chi connectivity index (χ1) is 16.1. The molecule has 33 heavy (non-hydrogen) atoms. The third kappa shape index (κ3) is 4.60. The highest BCUT2D eigenvalue weighted by Crippen LogP contribution is 2.47. The number of aryl methyl sites for hydroxylation is 2. The molecule has 0 N–H and O–H groups in total. The van der Waals surface area contributed by atoms with Gasteiger partial charge in [-0.15, -0.1) is 0 Å². The quantitative estimate of drug-likeness (QED) is 0.282. The van der Waals surface area contributed by atoms with Crippen LogP contribution in [0.1, 0.15) is 33.7 Å². The van der Waals surface area contributed by atoms with Crippen LogP contribution in [0.3, 0.4) is 0 Å². The van der Waals surface area contributed by atoms with E-state index < -0.39 is 5.92 Å². The van der Waals surface area contributed by atoms with Crippen LogP contribution in [0.25, 0.3) is 0 Å². The fraction of sp³-hybridized carbons (Fsp3) is 0.120. The minimum atomic E-state index is -0.710. The zero-order chi connectivity index (χ0) is 23.8. The summed E-state index contributed by atoms with van der Waals surface area (Å²) in [6.07, 6.45) is 6.11. The smallest absolute Gasteiger partial charge is 0.211 e. The van der Waals surface area contributed by atoms with E-state index in [4.69, 9.17) is 0 Å². The molecule has 0 aliphatic heterocycles. The minimum Gasteiger partial charge on any atom is -0.211 e. The van der Waals surface area contributed by atoms with E-state index in [0.717, 1.165) is 0 Å². The van der Waals surface area contributed by atoms with Crippen molar-refractivity contribution in [1.29, 1.82) is 0 Å². The summed E-state index contributed by atoms with van der Waals surface area (Å²) >= 11 is 0. The van der Waals surface area contributed by atoms with Crippen molar-refractivity contribution in [2.75, 3.05) is 0 Å². The SMILES string of the molecule is Cc1cccc(C(c2cccc(C)c2N=C=O)c2cccc(N=C=O)c2N=C=O)c1N=C=O. The van der Waals surface area contributed by atoms with Gasteiger partial charge in [0.25, 0.3) is 0 Å². The molecule has 0 heterocycles. The number of isocyanates is 4. The van der Waals surface area contributed by atoms with E-state index in [-0.39, 0.29) is 11.4 Å². The van der Waals surface area contributed by atoms with E-state index in [1.165, 1.54) is 18.2 Å². The van der Waals surface area contributed by atoms with E-state index in [0.29, 0.717) is 39.2 Å². The average molecular weight is 436 g/mol. The minimum absolute atomic E-state index is 0.0888. The van der Waals surface area contributed by atoms with Crippen LogP contribution in [0.15, 0.2) is 74.6 Å². The second-order valence-corrected chi connectivity index (χ2v) is 6.99. The van der Waals surface area contributed by atoms with Crippen LogP contribution in [0.2, 0.25) is 0 Å². The summed E-state index contributed by atoms with van der Waals surface area (Å²) < 4.78 is 0. The zero-order valence-electron chi connectivity index (χ0n) is 17.7. The van der Waals surface area contributed by atoms with Crippen LogP contribution in [-0.2, 0) is 19.2 Å². The maximum Gasteiger partial charge on any atom is 0.240 e. The lowest BCUT2D eigenvalue weighted by molar-refractivity contribution is 0.564. The van der Waals surface area contributed by atoms with Crippen LogP contribution in [0.5, 0.6) is 0 Å². The number of rotatable bonds is 7. The Morgan fingerprint density at radius 1 is 0.545 bits per heavy atom. The van der Waals surface area contributed by atoms with Gasteiger partial charge in [0.2, 0.25) is 24.3 Å². The summed E-state index contributed by atoms with van der Waals surface area (Å²) in [7, 11) is 0. The predicted molar refractivity (Wildman–Crippen MR) is 121 cm³/mol. The van der Waals surface area contributed by atoms with Crippen LogP contribution >= 0.6 is 0 Å². The Kier molecular flexibility index (Phi) is 7.25. The summed E-state index contributed by atoms with van der Waals surface area (Å²) in [4.78, 5) is 59.9. The largest absolute Gasteiger partial charge is 0.240 e. The molecule has 0 fully saturated rings. The second kappa shape index (κ2) is 10.5. The lowest BCUT2D eigenvalue weighted by Gasteiger charge is -2.24. The highest BCUT2D eigenvalue weighted by Gasteiger charge is 2.27. The maximum absolute atomic E-state index is 11.3. The number of carbonyl (C=O) groups excluding carboxylic acids is 4. The van der Waals surface area contributed by atoms with Crippen molar-refractivity contribution in [2.24, 2.45) is 20.0 Å². The van der Waals surface area contributed by atoms with Crippen molar-refractivity contribution in [1.82, 2.24) is 0 Å². The van der Waals surface area contributed by atoms with Gasteiger partial charge in [-0.3, -0.25) is 0 Å². The first kappa shape index (κ1) is 22.9. The molecule has 160 valence electrons. The summed E-state index contributed by atoms with van der Waals surface area (Å²) in [6, 6.07) is 15.5. The fourth-order valence-electron chi connectivity index (χ4n) is 3.82. The number of aliphatic imine (C=N–C) groups is 4. The Bertz CT molecular complexity index is 1350. The lowest BCUT2D eigenvalue weighted by Crippen LogP contribution is -2.06. The third-order valence-electron chi connectivity index (χ3n) is 5.16. The van der Waals surface area contributed by atoms with Gasteiger partial charge < -0.3 is 0 Å². The summed E-state index contributed by atoms with van der Waals surface area (Å²) in [5.41, 5.74) is 3.93. The number of para-hydroxylation sites is 3. The fourth-order valence-corrected chi connectivity index (χ4v) is 3.82. The van der Waals surface area contributed by atoms with Gasteiger partial charge in [0.1, 0.15) is 11.4 Å². The normalized spacial score (nSPS) is 10.6. The molecule has 0 radical (unpaired) electrons. The monoisotopic (exact) mass is 436 g/mol. The van der Waals surface area contributed by atoms with Crippen molar-refractivity contribution in [3.63, 3.8) is 0 Å². The predicted octanol–water partition coefficient (Wildman–Crippen LogP) is 5.35. The van der Waals surface area contributed by atoms with E-state index >= 15 is 0 Å². The molecular weight excluding hydrogens is 420 g/mol. The Morgan fingerprint density at radius 2 is 0.939 bits per heavy atom. The van der Waals surface area contributed by atoms with Gasteiger partial charge in [0.15, 0.2) is 0 Å². The molecule has 3 aromatic carbocycles. The van der Waals surface area contributed by atoms with E-state index in [1.807, 2.05) is 0 Å². The van der Waals surface area contributed by atoms with Crippen LogP contribution < -0.4 is 0 Å². The Hall–Kier alpha value is -4.82. The molecule has 3 aromatic rings. The molecular formula is C25H16N4O4. The topological polar surface area (TPSA) is 118 Å². The summed E-state index contributed by atoms with van der Waals surface area (Å²) in [5.74, 6) is -0.710. The molecule has 3 rings (SSSR count). The number of hydrogen-bond acceptors (Lipinski definition) is 8. The Balaban J connectivity index is 2.55. The zero-order valence-corrected chi connectivity index (χ0v) is 17.7. The molecule has 0 unspecified atom stereocenters. The Morgan fingerprint density at radius 3 is 1.39 bits per heavy atom. The Labute approximate surface area is 188 Å². The molecule has 0 bridgehead atoms. The lowest BCUT2D eigenvalue weighted by atomic mass is 9.81. The molecule has 8 nitrogen and oxygen atoms in total. The van der Waals surface area contributed by atoms with Crippen LogP contribution in [0, 0.1) is 13.8 Å². The highest BCUT2D eigenvalue weighted by molar-refractivity contribution is 5.77. The van der Waals surface area contributed by atoms with Gasteiger partial charge in [0.05, 0.1) is 11.4 Å². The van der Waals surface area contributed by atoms with E-state index in [9.17, 15) is 19.2 Å². The molecule has 0 aromatic heterocycles. The van der Waals surface area contributed by atoms with Crippen LogP contribution in [0.4, 0.5) is 22.7 Å². The van der Waals surface area contributed by atoms with Gasteiger partial charge in [-0.1, -0.05) is 48.5 Å². The molecule has 0 amide bonds. The van der Waals surface area contributed by atoms with Crippen molar-refractivity contribution in [3.8, 4) is 0 Å². The first-order valence-electron chi connectivity index (χ1n) is 9.70. The molecule has 0 saturated carbocycles. The summed E-state index contributed by atoms with van der Waals surface area (Å²) in [5, 5.41) is 0. The van der Waals surface area contributed by atoms with Gasteiger partial charge in [-0.05, 0) is 47.7 Å². The standard InChI is InChI=1S/C25H16N4O4/c1-16-6-3-8-18(23(16)27-13-31)22(19-9-4-7-17(2)24(19)28-14-32)20-10-5-11-21(26-12-30)25(20)29-15-33/h3-11,22H,1-2H3. The van der Waals surface area contributed by atoms with Gasteiger partial charge in [0, 0.05) is 5.92 Å². The van der Waals surface area contributed by atoms with Gasteiger partial charge >= 0.3 is 0 Å². The van der Waals surface area contributed by atoms with Crippen LogP contribution in [-0.4, -0.2) is 24.3 Å². The highest BCUT2D eigenvalue weighted by atomic mass is 16.1. The average Bonchev–Trinajstić information content (AvgIpc) is 2.80. The van der Waals surface area contributed by atoms with Crippen molar-refractivity contribution < 1.29 is 19.2 Å². The number of benzene rings is 3. The van der Waals surface area contributed by atoms with E-state index in [1.54, 1.807) is 74.5 Å². The van der Waals surface area contributed by atoms with Crippen molar-refractivity contribution in [3.05, 3.63) is 82.4 Å². The number of hydrogen-bond donors (Lipinski definition) is 0. The van der Waals surface area contributed by atoms with Crippen molar-refractivity contribution in [2.45, 2.75) is 19.8 Å². The third-order valence-corrected chi connectivity index (χ3v) is 5.16. The molecule has 0 aliphatic rings. The van der Waals surface area contributed by atoms with Gasteiger partial charge in [-0.25, -0.2) is 19.2 Å². The van der Waals surface area contributed by atoms with Gasteiger partial charge in [-0.2, -0.15) is 20.0 Å². The van der Waals surface area contributed by atoms with Crippen molar-refractivity contribution >= 4 is 47.1 Å². The summed E-state index contributed by atoms with van der Waals surface area (Å²) in [6.45, 7) is 3.57. The molecule has 8 heteroatoms. The maximum atomic E-state index is 11.3. The molecule has 0 saturated heterocycles. The first-order valence-corrected chi connectivity index (χ1v) is 9.70.